The number of hydrogen-bond acceptors (Lipinski definition) is 5. The molecule has 2 aromatic rings. The average Bonchev–Trinajstić information content (AvgIpc) is 3.13. The second-order valence-corrected chi connectivity index (χ2v) is 11.3. The number of fused-ring (bicyclic) bond motifs is 3. The molecule has 1 aliphatic carbocycles. The second kappa shape index (κ2) is 10.5. The largest absolute Gasteiger partial charge is 0.479 e. The Hall–Kier alpha value is -3.39. The molecule has 2 atom stereocenters. The maximum absolute atomic E-state index is 13.5. The first kappa shape index (κ1) is 28.2. The molecule has 3 N–H and O–H groups in total. The van der Waals surface area contributed by atoms with E-state index in [1.54, 1.807) is 48.5 Å². The summed E-state index contributed by atoms with van der Waals surface area (Å²) in [5.74, 6) is -3.45. The van der Waals surface area contributed by atoms with Crippen molar-refractivity contribution in [3.63, 3.8) is 0 Å². The number of nitrogens with zero attached hydrogens (tertiary/aromatic N) is 1. The molecule has 0 spiro atoms. The Morgan fingerprint density at radius 3 is 1.84 bits per heavy atom. The molecule has 8 nitrogen and oxygen atoms in total. The number of hydrogen-bond donors (Lipinski definition) is 3. The molecule has 0 heterocycles. The summed E-state index contributed by atoms with van der Waals surface area (Å²) in [5.41, 5.74) is 1.38. The summed E-state index contributed by atoms with van der Waals surface area (Å²) in [6, 6.07) is 14.7. The molecule has 0 saturated carbocycles. The smallest absolute Gasteiger partial charge is 0.407 e. The molecule has 2 aromatic carbocycles. The van der Waals surface area contributed by atoms with Crippen LogP contribution in [0.5, 0.6) is 0 Å². The Morgan fingerprint density at radius 2 is 1.43 bits per heavy atom. The van der Waals surface area contributed by atoms with Crippen LogP contribution in [0.3, 0.4) is 0 Å². The summed E-state index contributed by atoms with van der Waals surface area (Å²) in [5, 5.41) is 24.1. The van der Waals surface area contributed by atoms with Crippen LogP contribution in [0, 0.1) is 17.3 Å². The zero-order chi connectivity index (χ0) is 27.7. The lowest BCUT2D eigenvalue weighted by Crippen LogP contribution is -2.68. The molecule has 2 amide bonds. The van der Waals surface area contributed by atoms with Crippen molar-refractivity contribution in [2.24, 2.45) is 17.3 Å². The van der Waals surface area contributed by atoms with E-state index < -0.39 is 46.8 Å². The Bertz CT molecular complexity index is 1120. The number of hydroxylamine groups is 2. The molecular formula is C29H38N2O6. The number of ether oxygens (including phenoxy) is 1. The SMILES string of the molecule is CC(C)[C@H](NC(=O)OCC1c2ccccc2-c2ccccc21)C(=O)N(O)[C@@](C(=O)O)(C(C)C)C(C)(C)C. The third kappa shape index (κ3) is 4.94. The molecule has 0 unspecified atom stereocenters. The predicted octanol–water partition coefficient (Wildman–Crippen LogP) is 5.29. The lowest BCUT2D eigenvalue weighted by Gasteiger charge is -2.49. The predicted molar refractivity (Wildman–Crippen MR) is 140 cm³/mol. The zero-order valence-electron chi connectivity index (χ0n) is 22.6. The maximum Gasteiger partial charge on any atom is 0.407 e. The van der Waals surface area contributed by atoms with Gasteiger partial charge in [-0.15, -0.1) is 0 Å². The van der Waals surface area contributed by atoms with Crippen LogP contribution < -0.4 is 5.32 Å². The van der Waals surface area contributed by atoms with Crippen LogP contribution in [0.25, 0.3) is 11.1 Å². The van der Waals surface area contributed by atoms with Crippen molar-refractivity contribution < 1.29 is 29.4 Å². The lowest BCUT2D eigenvalue weighted by atomic mass is 9.66. The summed E-state index contributed by atoms with van der Waals surface area (Å²) in [4.78, 5) is 38.8. The zero-order valence-corrected chi connectivity index (χ0v) is 22.6. The number of alkyl carbamates (subject to hydrolysis) is 1. The Labute approximate surface area is 218 Å². The van der Waals surface area contributed by atoms with Crippen LogP contribution in [0.15, 0.2) is 48.5 Å². The monoisotopic (exact) mass is 510 g/mol. The standard InChI is InChI=1S/C29H38N2O6/c1-17(2)24(25(32)31(36)29(18(3)4,26(33)34)28(5,6)7)30-27(35)37-16-23-21-14-10-8-12-19(21)20-13-9-11-15-22(20)23/h8-15,17-18,23-24,36H,16H2,1-7H3,(H,30,35)(H,33,34)/t24-,29+/m0/s1. The van der Waals surface area contributed by atoms with Crippen molar-refractivity contribution in [2.45, 2.75) is 66.0 Å². The number of carboxylic acids is 1. The first-order valence-corrected chi connectivity index (χ1v) is 12.6. The fraction of sp³-hybridized carbons (Fsp3) is 0.483. The van der Waals surface area contributed by atoms with Gasteiger partial charge in [0.05, 0.1) is 0 Å². The van der Waals surface area contributed by atoms with Gasteiger partial charge in [0.15, 0.2) is 5.54 Å². The first-order valence-electron chi connectivity index (χ1n) is 12.6. The number of rotatable bonds is 8. The number of amides is 2. The number of aliphatic carboxylic acids is 1. The van der Waals surface area contributed by atoms with Gasteiger partial charge < -0.3 is 15.2 Å². The van der Waals surface area contributed by atoms with Crippen LogP contribution >= 0.6 is 0 Å². The van der Waals surface area contributed by atoms with Gasteiger partial charge in [0.25, 0.3) is 5.91 Å². The van der Waals surface area contributed by atoms with Gasteiger partial charge in [-0.25, -0.2) is 14.7 Å². The van der Waals surface area contributed by atoms with Gasteiger partial charge in [0, 0.05) is 5.92 Å². The van der Waals surface area contributed by atoms with E-state index in [0.29, 0.717) is 5.06 Å². The minimum absolute atomic E-state index is 0.0642. The lowest BCUT2D eigenvalue weighted by molar-refractivity contribution is -0.233. The minimum atomic E-state index is -1.92. The van der Waals surface area contributed by atoms with E-state index in [4.69, 9.17) is 4.74 Å². The van der Waals surface area contributed by atoms with Gasteiger partial charge in [-0.2, -0.15) is 0 Å². The third-order valence-corrected chi connectivity index (χ3v) is 7.40. The van der Waals surface area contributed by atoms with Crippen LogP contribution in [-0.4, -0.2) is 51.5 Å². The highest BCUT2D eigenvalue weighted by Crippen LogP contribution is 2.45. The van der Waals surface area contributed by atoms with Crippen LogP contribution in [0.4, 0.5) is 4.79 Å². The van der Waals surface area contributed by atoms with Gasteiger partial charge in [-0.3, -0.25) is 10.0 Å². The van der Waals surface area contributed by atoms with E-state index in [9.17, 15) is 24.7 Å². The second-order valence-electron chi connectivity index (χ2n) is 11.3. The van der Waals surface area contributed by atoms with E-state index in [-0.39, 0.29) is 12.5 Å². The Morgan fingerprint density at radius 1 is 0.946 bits per heavy atom. The van der Waals surface area contributed by atoms with Gasteiger partial charge in [-0.1, -0.05) is 97.0 Å². The van der Waals surface area contributed by atoms with Gasteiger partial charge in [0.2, 0.25) is 0 Å². The van der Waals surface area contributed by atoms with Crippen LogP contribution in [0.2, 0.25) is 0 Å². The van der Waals surface area contributed by atoms with E-state index in [1.165, 1.54) is 0 Å². The topological polar surface area (TPSA) is 116 Å². The molecule has 0 aromatic heterocycles. The minimum Gasteiger partial charge on any atom is -0.479 e. The van der Waals surface area contributed by atoms with E-state index in [0.717, 1.165) is 22.3 Å². The van der Waals surface area contributed by atoms with Crippen molar-refractivity contribution in [3.8, 4) is 11.1 Å². The highest BCUT2D eigenvalue weighted by atomic mass is 16.6. The van der Waals surface area contributed by atoms with Crippen molar-refractivity contribution in [3.05, 3.63) is 59.7 Å². The molecule has 3 rings (SSSR count). The Kier molecular flexibility index (Phi) is 8.03. The molecule has 37 heavy (non-hydrogen) atoms. The number of benzene rings is 2. The molecule has 0 saturated heterocycles. The third-order valence-electron chi connectivity index (χ3n) is 7.40. The molecule has 0 aliphatic heterocycles. The number of nitrogens with one attached hydrogen (secondary N) is 1. The highest BCUT2D eigenvalue weighted by Gasteiger charge is 2.58. The van der Waals surface area contributed by atoms with E-state index >= 15 is 0 Å². The number of carboxylic acid groups (broad SMARTS) is 1. The molecule has 0 bridgehead atoms. The summed E-state index contributed by atoms with van der Waals surface area (Å²) >= 11 is 0. The molecule has 0 fully saturated rings. The summed E-state index contributed by atoms with van der Waals surface area (Å²) in [6.45, 7) is 11.7. The maximum atomic E-state index is 13.5. The molecule has 200 valence electrons. The van der Waals surface area contributed by atoms with Crippen molar-refractivity contribution in [2.75, 3.05) is 6.61 Å². The first-order chi connectivity index (χ1) is 17.2. The molecular weight excluding hydrogens is 472 g/mol. The summed E-state index contributed by atoms with van der Waals surface area (Å²) in [6.07, 6.45) is -0.816. The fourth-order valence-corrected chi connectivity index (χ4v) is 5.67. The average molecular weight is 511 g/mol. The van der Waals surface area contributed by atoms with Crippen molar-refractivity contribution >= 4 is 18.0 Å². The normalized spacial score (nSPS) is 15.5. The van der Waals surface area contributed by atoms with Crippen LogP contribution in [0.1, 0.15) is 65.5 Å². The van der Waals surface area contributed by atoms with Crippen LogP contribution in [-0.2, 0) is 14.3 Å². The van der Waals surface area contributed by atoms with Gasteiger partial charge in [0.1, 0.15) is 12.6 Å². The van der Waals surface area contributed by atoms with Crippen molar-refractivity contribution in [1.29, 1.82) is 0 Å². The highest BCUT2D eigenvalue weighted by molar-refractivity contribution is 5.91. The molecule has 8 heteroatoms. The van der Waals surface area contributed by atoms with E-state index in [1.807, 2.05) is 48.5 Å². The Balaban J connectivity index is 1.79. The van der Waals surface area contributed by atoms with E-state index in [2.05, 4.69) is 5.32 Å². The molecule has 1 aliphatic rings. The number of carbonyl (C=O) groups is 3. The quantitative estimate of drug-likeness (QED) is 0.328. The van der Waals surface area contributed by atoms with Crippen molar-refractivity contribution in [1.82, 2.24) is 10.4 Å². The summed E-state index contributed by atoms with van der Waals surface area (Å²) < 4.78 is 5.58. The fourth-order valence-electron chi connectivity index (χ4n) is 5.67. The number of carbonyl (C=O) groups excluding carboxylic acids is 2. The molecule has 0 radical (unpaired) electrons. The van der Waals surface area contributed by atoms with Gasteiger partial charge in [-0.05, 0) is 39.5 Å². The van der Waals surface area contributed by atoms with Gasteiger partial charge >= 0.3 is 12.1 Å². The summed E-state index contributed by atoms with van der Waals surface area (Å²) in [7, 11) is 0.